The van der Waals surface area contributed by atoms with Crippen molar-refractivity contribution in [3.63, 3.8) is 0 Å². The molecule has 138 valence electrons. The summed E-state index contributed by atoms with van der Waals surface area (Å²) < 4.78 is 5.67. The predicted octanol–water partition coefficient (Wildman–Crippen LogP) is 5.48. The van der Waals surface area contributed by atoms with Crippen molar-refractivity contribution in [2.75, 3.05) is 0 Å². The van der Waals surface area contributed by atoms with E-state index in [1.165, 1.54) is 42.5 Å². The van der Waals surface area contributed by atoms with E-state index in [4.69, 9.17) is 16.0 Å². The number of nitriles is 1. The Bertz CT molecular complexity index is 1160. The number of halogens is 1. The van der Waals surface area contributed by atoms with Gasteiger partial charge in [-0.3, -0.25) is 20.2 Å². The lowest BCUT2D eigenvalue weighted by Gasteiger charge is -2.01. The molecule has 28 heavy (non-hydrogen) atoms. The van der Waals surface area contributed by atoms with Gasteiger partial charge in [0.2, 0.25) is 0 Å². The second kappa shape index (κ2) is 7.73. The molecule has 1 aromatic heterocycles. The van der Waals surface area contributed by atoms with Crippen LogP contribution in [0.3, 0.4) is 0 Å². The number of allylic oxidation sites excluding steroid dienone is 1. The Kier molecular flexibility index (Phi) is 5.20. The van der Waals surface area contributed by atoms with Crippen molar-refractivity contribution >= 4 is 34.6 Å². The molecule has 0 aliphatic heterocycles. The summed E-state index contributed by atoms with van der Waals surface area (Å²) in [6.45, 7) is 0. The highest BCUT2D eigenvalue weighted by molar-refractivity contribution is 6.33. The third-order valence-corrected chi connectivity index (χ3v) is 4.14. The molecule has 3 aromatic rings. The van der Waals surface area contributed by atoms with Gasteiger partial charge in [0.1, 0.15) is 11.5 Å². The minimum absolute atomic E-state index is 0.128. The number of hydrogen-bond donors (Lipinski definition) is 0. The Labute approximate surface area is 163 Å². The number of nitro benzene ring substituents is 2. The summed E-state index contributed by atoms with van der Waals surface area (Å²) in [4.78, 5) is 20.6. The average molecular weight is 396 g/mol. The Balaban J connectivity index is 1.95. The van der Waals surface area contributed by atoms with Crippen LogP contribution in [-0.4, -0.2) is 9.85 Å². The number of benzene rings is 2. The standard InChI is InChI=1S/C19H10ClN3O5/c20-18-10-15(23(26)27)4-6-17(18)19-7-5-16(28-19)9-13(11-21)12-2-1-3-14(8-12)22(24)25/h1-10H. The van der Waals surface area contributed by atoms with Gasteiger partial charge in [0.25, 0.3) is 11.4 Å². The zero-order chi connectivity index (χ0) is 20.3. The first-order valence-corrected chi connectivity index (χ1v) is 8.17. The van der Waals surface area contributed by atoms with Gasteiger partial charge in [-0.1, -0.05) is 23.7 Å². The molecule has 0 bridgehead atoms. The maximum Gasteiger partial charge on any atom is 0.270 e. The second-order valence-corrected chi connectivity index (χ2v) is 6.01. The first kappa shape index (κ1) is 18.8. The van der Waals surface area contributed by atoms with Gasteiger partial charge in [0.05, 0.1) is 26.5 Å². The van der Waals surface area contributed by atoms with Gasteiger partial charge in [-0.15, -0.1) is 0 Å². The SMILES string of the molecule is N#CC(=Cc1ccc(-c2ccc([N+](=O)[O-])cc2Cl)o1)c1cccc([N+](=O)[O-])c1. The van der Waals surface area contributed by atoms with Crippen molar-refractivity contribution in [1.82, 2.24) is 0 Å². The molecular formula is C19H10ClN3O5. The molecule has 0 N–H and O–H groups in total. The molecule has 0 spiro atoms. The summed E-state index contributed by atoms with van der Waals surface area (Å²) in [6.07, 6.45) is 1.45. The average Bonchev–Trinajstić information content (AvgIpc) is 3.14. The third-order valence-electron chi connectivity index (χ3n) is 3.83. The third kappa shape index (κ3) is 3.90. The van der Waals surface area contributed by atoms with Crippen molar-refractivity contribution in [3.05, 3.63) is 91.2 Å². The molecule has 0 unspecified atom stereocenters. The first-order chi connectivity index (χ1) is 13.4. The molecular weight excluding hydrogens is 386 g/mol. The fraction of sp³-hybridized carbons (Fsp3) is 0. The van der Waals surface area contributed by atoms with E-state index in [0.717, 1.165) is 0 Å². The molecule has 0 aliphatic rings. The quantitative estimate of drug-likeness (QED) is 0.320. The summed E-state index contributed by atoms with van der Waals surface area (Å²) in [5.74, 6) is 0.690. The molecule has 0 atom stereocenters. The number of nitrogens with zero attached hydrogens (tertiary/aromatic N) is 3. The molecule has 3 rings (SSSR count). The lowest BCUT2D eigenvalue weighted by molar-refractivity contribution is -0.385. The lowest BCUT2D eigenvalue weighted by atomic mass is 10.1. The molecule has 1 heterocycles. The van der Waals surface area contributed by atoms with Gasteiger partial charge < -0.3 is 4.42 Å². The fourth-order valence-corrected chi connectivity index (χ4v) is 2.77. The van der Waals surface area contributed by atoms with Crippen molar-refractivity contribution < 1.29 is 14.3 Å². The summed E-state index contributed by atoms with van der Waals surface area (Å²) in [5.41, 5.74) is 0.748. The summed E-state index contributed by atoms with van der Waals surface area (Å²) in [7, 11) is 0. The molecule has 0 radical (unpaired) electrons. The van der Waals surface area contributed by atoms with Crippen LogP contribution in [-0.2, 0) is 0 Å². The summed E-state index contributed by atoms with van der Waals surface area (Å²) in [6, 6.07) is 14.9. The van der Waals surface area contributed by atoms with Crippen LogP contribution >= 0.6 is 11.6 Å². The second-order valence-electron chi connectivity index (χ2n) is 5.60. The molecule has 2 aromatic carbocycles. The van der Waals surface area contributed by atoms with E-state index in [1.54, 1.807) is 18.2 Å². The zero-order valence-electron chi connectivity index (χ0n) is 14.0. The number of furan rings is 1. The molecule has 8 nitrogen and oxygen atoms in total. The number of non-ortho nitro benzene ring substituents is 2. The smallest absolute Gasteiger partial charge is 0.270 e. The van der Waals surface area contributed by atoms with Crippen LogP contribution in [0.2, 0.25) is 5.02 Å². The van der Waals surface area contributed by atoms with E-state index < -0.39 is 9.85 Å². The van der Waals surface area contributed by atoms with Gasteiger partial charge in [-0.05, 0) is 29.8 Å². The summed E-state index contributed by atoms with van der Waals surface area (Å²) in [5, 5.41) is 31.3. The van der Waals surface area contributed by atoms with Crippen LogP contribution in [0, 0.1) is 31.6 Å². The van der Waals surface area contributed by atoms with Crippen LogP contribution in [0.4, 0.5) is 11.4 Å². The van der Waals surface area contributed by atoms with Gasteiger partial charge in [0, 0.05) is 29.8 Å². The molecule has 9 heteroatoms. The van der Waals surface area contributed by atoms with Crippen LogP contribution in [0.25, 0.3) is 23.0 Å². The fourth-order valence-electron chi connectivity index (χ4n) is 2.50. The molecule has 0 saturated carbocycles. The summed E-state index contributed by atoms with van der Waals surface area (Å²) >= 11 is 6.10. The van der Waals surface area contributed by atoms with Crippen molar-refractivity contribution in [2.24, 2.45) is 0 Å². The Morgan fingerprint density at radius 2 is 1.75 bits per heavy atom. The zero-order valence-corrected chi connectivity index (χ0v) is 14.8. The van der Waals surface area contributed by atoms with Crippen LogP contribution in [0.1, 0.15) is 11.3 Å². The van der Waals surface area contributed by atoms with E-state index in [1.807, 2.05) is 6.07 Å². The maximum atomic E-state index is 10.9. The molecule has 0 fully saturated rings. The van der Waals surface area contributed by atoms with E-state index in [-0.39, 0.29) is 22.0 Å². The Morgan fingerprint density at radius 1 is 1.04 bits per heavy atom. The predicted molar refractivity (Wildman–Crippen MR) is 102 cm³/mol. The lowest BCUT2D eigenvalue weighted by Crippen LogP contribution is -1.89. The highest BCUT2D eigenvalue weighted by Crippen LogP contribution is 2.33. The van der Waals surface area contributed by atoms with Crippen LogP contribution < -0.4 is 0 Å². The van der Waals surface area contributed by atoms with Crippen molar-refractivity contribution in [3.8, 4) is 17.4 Å². The van der Waals surface area contributed by atoms with Crippen LogP contribution in [0.15, 0.2) is 59.0 Å². The van der Waals surface area contributed by atoms with Gasteiger partial charge in [0.15, 0.2) is 0 Å². The minimum Gasteiger partial charge on any atom is -0.457 e. The topological polar surface area (TPSA) is 123 Å². The molecule has 0 amide bonds. The maximum absolute atomic E-state index is 10.9. The van der Waals surface area contributed by atoms with Crippen molar-refractivity contribution in [2.45, 2.75) is 0 Å². The minimum atomic E-state index is -0.551. The van der Waals surface area contributed by atoms with E-state index in [0.29, 0.717) is 22.6 Å². The number of rotatable bonds is 5. The Hall–Kier alpha value is -3.96. The number of hydrogen-bond acceptors (Lipinski definition) is 6. The van der Waals surface area contributed by atoms with Crippen LogP contribution in [0.5, 0.6) is 0 Å². The van der Waals surface area contributed by atoms with E-state index in [2.05, 4.69) is 0 Å². The van der Waals surface area contributed by atoms with Gasteiger partial charge in [-0.25, -0.2) is 0 Å². The van der Waals surface area contributed by atoms with Gasteiger partial charge in [-0.2, -0.15) is 5.26 Å². The first-order valence-electron chi connectivity index (χ1n) is 7.80. The highest BCUT2D eigenvalue weighted by atomic mass is 35.5. The number of nitro groups is 2. The monoisotopic (exact) mass is 395 g/mol. The normalized spacial score (nSPS) is 11.1. The largest absolute Gasteiger partial charge is 0.457 e. The van der Waals surface area contributed by atoms with E-state index in [9.17, 15) is 25.5 Å². The molecule has 0 saturated heterocycles. The van der Waals surface area contributed by atoms with Gasteiger partial charge >= 0.3 is 0 Å². The van der Waals surface area contributed by atoms with E-state index >= 15 is 0 Å². The Morgan fingerprint density at radius 3 is 2.39 bits per heavy atom. The highest BCUT2D eigenvalue weighted by Gasteiger charge is 2.14. The van der Waals surface area contributed by atoms with Crippen molar-refractivity contribution in [1.29, 1.82) is 5.26 Å². The molecule has 0 aliphatic carbocycles.